The van der Waals surface area contributed by atoms with Crippen LogP contribution in [0.2, 0.25) is 5.02 Å². The lowest BCUT2D eigenvalue weighted by Crippen LogP contribution is -2.15. The average Bonchev–Trinajstić information content (AvgIpc) is 2.76. The van der Waals surface area contributed by atoms with E-state index in [9.17, 15) is 13.2 Å². The molecular formula is C25H26ClNO3S2. The van der Waals surface area contributed by atoms with E-state index in [1.807, 2.05) is 48.5 Å². The molecule has 0 aromatic heterocycles. The molecule has 0 aliphatic carbocycles. The number of anilines is 1. The van der Waals surface area contributed by atoms with Crippen LogP contribution in [0.15, 0.2) is 82.6 Å². The number of carbonyl (C=O) groups is 1. The van der Waals surface area contributed by atoms with Crippen molar-refractivity contribution in [1.82, 2.24) is 0 Å². The molecule has 0 spiro atoms. The van der Waals surface area contributed by atoms with Gasteiger partial charge in [-0.2, -0.15) is 0 Å². The Kier molecular flexibility index (Phi) is 7.70. The highest BCUT2D eigenvalue weighted by Gasteiger charge is 2.22. The Morgan fingerprint density at radius 1 is 0.938 bits per heavy atom. The van der Waals surface area contributed by atoms with Crippen LogP contribution in [0.4, 0.5) is 5.69 Å². The van der Waals surface area contributed by atoms with Crippen LogP contribution in [0.5, 0.6) is 0 Å². The molecule has 0 radical (unpaired) electrons. The summed E-state index contributed by atoms with van der Waals surface area (Å²) < 4.78 is 23.7. The molecule has 0 aliphatic rings. The molecule has 0 unspecified atom stereocenters. The first kappa shape index (κ1) is 24.4. The molecule has 3 aromatic carbocycles. The predicted molar refractivity (Wildman–Crippen MR) is 133 cm³/mol. The highest BCUT2D eigenvalue weighted by atomic mass is 35.5. The molecule has 3 aromatic rings. The summed E-state index contributed by atoms with van der Waals surface area (Å²) in [5.74, 6) is -0.101. The Morgan fingerprint density at radius 2 is 1.53 bits per heavy atom. The zero-order valence-electron chi connectivity index (χ0n) is 18.3. The van der Waals surface area contributed by atoms with Gasteiger partial charge in [-0.1, -0.05) is 42.8 Å². The maximum Gasteiger partial charge on any atom is 0.228 e. The maximum absolute atomic E-state index is 12.4. The largest absolute Gasteiger partial charge is 0.326 e. The van der Waals surface area contributed by atoms with Crippen LogP contribution in [-0.4, -0.2) is 20.1 Å². The number of sulfone groups is 1. The molecule has 0 bridgehead atoms. The summed E-state index contributed by atoms with van der Waals surface area (Å²) in [6.45, 7) is 5.92. The van der Waals surface area contributed by atoms with Gasteiger partial charge in [-0.05, 0) is 73.5 Å². The SMILES string of the molecule is CCS(=O)(=O)c1ccc(CC(=O)Nc2ccc(C(C)(C)Sc3ccc(Cl)cc3)cc2)cc1. The smallest absolute Gasteiger partial charge is 0.228 e. The van der Waals surface area contributed by atoms with E-state index in [-0.39, 0.29) is 27.7 Å². The summed E-state index contributed by atoms with van der Waals surface area (Å²) in [5, 5.41) is 3.62. The fourth-order valence-electron chi connectivity index (χ4n) is 3.18. The number of halogens is 1. The van der Waals surface area contributed by atoms with Crippen molar-refractivity contribution in [3.63, 3.8) is 0 Å². The second kappa shape index (κ2) is 10.1. The standard InChI is InChI=1S/C25H26ClNO3S2/c1-4-32(29,30)23-15-5-18(6-16-23)17-24(28)27-21-11-7-19(8-12-21)25(2,3)31-22-13-9-20(26)10-14-22/h5-16H,4,17H2,1-3H3,(H,27,28). The van der Waals surface area contributed by atoms with Crippen molar-refractivity contribution in [3.8, 4) is 0 Å². The van der Waals surface area contributed by atoms with Crippen LogP contribution >= 0.6 is 23.4 Å². The van der Waals surface area contributed by atoms with Gasteiger partial charge in [0.05, 0.1) is 17.1 Å². The molecule has 168 valence electrons. The molecule has 1 N–H and O–H groups in total. The average molecular weight is 488 g/mol. The summed E-state index contributed by atoms with van der Waals surface area (Å²) in [6.07, 6.45) is 0.173. The first-order chi connectivity index (χ1) is 15.1. The highest BCUT2D eigenvalue weighted by molar-refractivity contribution is 8.00. The fraction of sp³-hybridized carbons (Fsp3) is 0.240. The molecular weight excluding hydrogens is 462 g/mol. The summed E-state index contributed by atoms with van der Waals surface area (Å²) >= 11 is 7.72. The molecule has 32 heavy (non-hydrogen) atoms. The molecule has 3 rings (SSSR count). The molecule has 0 fully saturated rings. The predicted octanol–water partition coefficient (Wildman–Crippen LogP) is 6.34. The number of rotatable bonds is 8. The first-order valence-electron chi connectivity index (χ1n) is 10.3. The molecule has 1 amide bonds. The van der Waals surface area contributed by atoms with E-state index in [2.05, 4.69) is 19.2 Å². The second-order valence-electron chi connectivity index (χ2n) is 7.92. The lowest BCUT2D eigenvalue weighted by molar-refractivity contribution is -0.115. The topological polar surface area (TPSA) is 63.2 Å². The number of hydrogen-bond acceptors (Lipinski definition) is 4. The van der Waals surface area contributed by atoms with Crippen molar-refractivity contribution in [2.75, 3.05) is 11.1 Å². The van der Waals surface area contributed by atoms with E-state index < -0.39 is 9.84 Å². The minimum atomic E-state index is -3.24. The number of benzene rings is 3. The van der Waals surface area contributed by atoms with E-state index in [1.165, 1.54) is 0 Å². The summed E-state index contributed by atoms with van der Waals surface area (Å²) in [4.78, 5) is 13.8. The van der Waals surface area contributed by atoms with Gasteiger partial charge in [0.25, 0.3) is 0 Å². The highest BCUT2D eigenvalue weighted by Crippen LogP contribution is 2.41. The summed E-state index contributed by atoms with van der Waals surface area (Å²) in [6, 6.07) is 22.1. The zero-order valence-corrected chi connectivity index (χ0v) is 20.7. The molecule has 0 saturated carbocycles. The van der Waals surface area contributed by atoms with Gasteiger partial charge < -0.3 is 5.32 Å². The van der Waals surface area contributed by atoms with Gasteiger partial charge in [0.1, 0.15) is 0 Å². The van der Waals surface area contributed by atoms with Crippen molar-refractivity contribution >= 4 is 44.8 Å². The van der Waals surface area contributed by atoms with Crippen LogP contribution < -0.4 is 5.32 Å². The number of amides is 1. The Morgan fingerprint density at radius 3 is 2.09 bits per heavy atom. The molecule has 0 saturated heterocycles. The summed E-state index contributed by atoms with van der Waals surface area (Å²) in [7, 11) is -3.24. The third-order valence-electron chi connectivity index (χ3n) is 5.08. The van der Waals surface area contributed by atoms with Crippen molar-refractivity contribution in [2.24, 2.45) is 0 Å². The van der Waals surface area contributed by atoms with E-state index in [1.54, 1.807) is 43.0 Å². The minimum Gasteiger partial charge on any atom is -0.326 e. The first-order valence-corrected chi connectivity index (χ1v) is 13.1. The van der Waals surface area contributed by atoms with E-state index in [4.69, 9.17) is 11.6 Å². The lowest BCUT2D eigenvalue weighted by atomic mass is 10.0. The van der Waals surface area contributed by atoms with E-state index in [0.29, 0.717) is 5.02 Å². The van der Waals surface area contributed by atoms with E-state index in [0.717, 1.165) is 21.7 Å². The number of nitrogens with one attached hydrogen (secondary N) is 1. The van der Waals surface area contributed by atoms with Crippen LogP contribution in [0.1, 0.15) is 31.9 Å². The van der Waals surface area contributed by atoms with Gasteiger partial charge in [0.2, 0.25) is 5.91 Å². The minimum absolute atomic E-state index is 0.0534. The van der Waals surface area contributed by atoms with Gasteiger partial charge >= 0.3 is 0 Å². The molecule has 7 heteroatoms. The van der Waals surface area contributed by atoms with Crippen LogP contribution in [0, 0.1) is 0 Å². The quantitative estimate of drug-likeness (QED) is 0.376. The molecule has 0 heterocycles. The Labute approximate surface area is 199 Å². The van der Waals surface area contributed by atoms with E-state index >= 15 is 0 Å². The number of thioether (sulfide) groups is 1. The van der Waals surface area contributed by atoms with Crippen molar-refractivity contribution in [3.05, 3.63) is 88.9 Å². The number of hydrogen-bond donors (Lipinski definition) is 1. The van der Waals surface area contributed by atoms with Crippen LogP contribution in [0.3, 0.4) is 0 Å². The Balaban J connectivity index is 1.61. The Hall–Kier alpha value is -2.28. The maximum atomic E-state index is 12.4. The van der Waals surface area contributed by atoms with Crippen molar-refractivity contribution in [2.45, 2.75) is 41.7 Å². The Bertz CT molecular complexity index is 1170. The zero-order chi connectivity index (χ0) is 23.4. The van der Waals surface area contributed by atoms with Crippen molar-refractivity contribution < 1.29 is 13.2 Å². The normalized spacial score (nSPS) is 11.9. The van der Waals surface area contributed by atoms with Gasteiger partial charge in [-0.25, -0.2) is 8.42 Å². The van der Waals surface area contributed by atoms with Gasteiger partial charge in [0, 0.05) is 20.4 Å². The second-order valence-corrected chi connectivity index (χ2v) is 12.3. The number of carbonyl (C=O) groups excluding carboxylic acids is 1. The van der Waals surface area contributed by atoms with Gasteiger partial charge in [0.15, 0.2) is 9.84 Å². The lowest BCUT2D eigenvalue weighted by Gasteiger charge is -2.25. The third kappa shape index (κ3) is 6.37. The monoisotopic (exact) mass is 487 g/mol. The van der Waals surface area contributed by atoms with Gasteiger partial charge in [-0.3, -0.25) is 4.79 Å². The molecule has 4 nitrogen and oxygen atoms in total. The van der Waals surface area contributed by atoms with Gasteiger partial charge in [-0.15, -0.1) is 11.8 Å². The van der Waals surface area contributed by atoms with Crippen LogP contribution in [0.25, 0.3) is 0 Å². The molecule has 0 atom stereocenters. The summed E-state index contributed by atoms with van der Waals surface area (Å²) in [5.41, 5.74) is 2.62. The fourth-order valence-corrected chi connectivity index (χ4v) is 5.31. The molecule has 0 aliphatic heterocycles. The van der Waals surface area contributed by atoms with Crippen molar-refractivity contribution in [1.29, 1.82) is 0 Å². The third-order valence-corrected chi connectivity index (χ3v) is 8.33. The van der Waals surface area contributed by atoms with Crippen LogP contribution in [-0.2, 0) is 25.8 Å².